The molecule has 1 aliphatic rings. The van der Waals surface area contributed by atoms with Crippen molar-refractivity contribution in [3.05, 3.63) is 90.6 Å². The van der Waals surface area contributed by atoms with Gasteiger partial charge in [-0.15, -0.1) is 11.3 Å². The average Bonchev–Trinajstić information content (AvgIpc) is 3.64. The Morgan fingerprint density at radius 2 is 2.10 bits per heavy atom. The molecule has 4 aromatic heterocycles. The topological polar surface area (TPSA) is 95.3 Å². The second kappa shape index (κ2) is 12.5. The molecule has 216 valence electrons. The molecule has 1 aliphatic heterocycles. The number of pyridine rings is 1. The number of halogens is 2. The first-order valence-electron chi connectivity index (χ1n) is 13.0. The van der Waals surface area contributed by atoms with Crippen molar-refractivity contribution in [1.82, 2.24) is 29.6 Å². The van der Waals surface area contributed by atoms with Gasteiger partial charge < -0.3 is 14.4 Å². The van der Waals surface area contributed by atoms with Crippen molar-refractivity contribution >= 4 is 32.9 Å². The van der Waals surface area contributed by atoms with Gasteiger partial charge in [-0.25, -0.2) is 13.8 Å². The lowest BCUT2D eigenvalue weighted by Crippen LogP contribution is -2.44. The fourth-order valence-corrected chi connectivity index (χ4v) is 5.81. The molecule has 0 N–H and O–H groups in total. The van der Waals surface area contributed by atoms with Crippen molar-refractivity contribution in [3.8, 4) is 22.8 Å². The first kappa shape index (κ1) is 29.0. The van der Waals surface area contributed by atoms with E-state index < -0.39 is 5.83 Å². The Hall–Kier alpha value is -4.55. The number of carbonyl (C=O) groups excluding carboxylic acids is 1. The molecule has 42 heavy (non-hydrogen) atoms. The molecule has 9 nitrogen and oxygen atoms in total. The van der Waals surface area contributed by atoms with Crippen LogP contribution >= 0.6 is 11.3 Å². The van der Waals surface area contributed by atoms with Gasteiger partial charge in [-0.2, -0.15) is 5.10 Å². The summed E-state index contributed by atoms with van der Waals surface area (Å²) in [7, 11) is 1.52. The third-order valence-electron chi connectivity index (χ3n) is 6.82. The highest BCUT2D eigenvalue weighted by Crippen LogP contribution is 2.44. The van der Waals surface area contributed by atoms with E-state index in [1.54, 1.807) is 23.5 Å². The van der Waals surface area contributed by atoms with Crippen LogP contribution in [0.5, 0.6) is 0 Å². The maximum Gasteiger partial charge on any atom is 0.246 e. The van der Waals surface area contributed by atoms with Crippen LogP contribution in [-0.4, -0.2) is 61.9 Å². The van der Waals surface area contributed by atoms with Crippen LogP contribution in [0.15, 0.2) is 79.3 Å². The first-order valence-corrected chi connectivity index (χ1v) is 13.9. The van der Waals surface area contributed by atoms with Crippen molar-refractivity contribution in [1.29, 1.82) is 0 Å². The highest BCUT2D eigenvalue weighted by Gasteiger charge is 2.30. The van der Waals surface area contributed by atoms with Crippen molar-refractivity contribution in [2.24, 2.45) is 0 Å². The SMILES string of the molecule is C=CC(=O)N1Cc2cc(-c3nc(-c4cnccn4)c4ccsc4c3/C(C(=C)OCCOC)=C(F)/C=C/F)nn2C[C@H]1C. The molecule has 1 atom stereocenters. The lowest BCUT2D eigenvalue weighted by Gasteiger charge is -2.33. The summed E-state index contributed by atoms with van der Waals surface area (Å²) >= 11 is 1.36. The van der Waals surface area contributed by atoms with Crippen LogP contribution in [0.1, 0.15) is 18.2 Å². The number of methoxy groups -OCH3 is 1. The van der Waals surface area contributed by atoms with E-state index >= 15 is 4.39 Å². The molecule has 0 radical (unpaired) electrons. The molecule has 1 amide bonds. The molecule has 5 rings (SSSR count). The second-order valence-corrected chi connectivity index (χ2v) is 10.4. The highest BCUT2D eigenvalue weighted by atomic mass is 32.1. The fourth-order valence-electron chi connectivity index (χ4n) is 4.86. The number of allylic oxidation sites excluding steroid dienone is 3. The lowest BCUT2D eigenvalue weighted by molar-refractivity contribution is -0.129. The maximum absolute atomic E-state index is 15.8. The number of nitrogens with zero attached hydrogens (tertiary/aromatic N) is 6. The molecule has 0 aromatic carbocycles. The fraction of sp³-hybridized carbons (Fsp3) is 0.233. The number of carbonyl (C=O) groups is 1. The minimum atomic E-state index is -0.898. The number of fused-ring (bicyclic) bond motifs is 2. The normalized spacial score (nSPS) is 15.5. The van der Waals surface area contributed by atoms with E-state index in [0.29, 0.717) is 57.6 Å². The standard InChI is InChI=1S/C30H28F2N6O3S/c1-5-25(39)37-17-20-14-23(36-38(20)16-18(37)2)29-27(26(22(32)6-8-31)19(3)41-12-11-40-4)30-21(7-13-42-30)28(35-29)24-15-33-9-10-34-24/h5-10,13-15,18H,1,3,11-12,16-17H2,2,4H3/b8-6+,26-22-/t18-/m1/s1. The van der Waals surface area contributed by atoms with Crippen LogP contribution in [0.3, 0.4) is 0 Å². The van der Waals surface area contributed by atoms with Gasteiger partial charge in [0.25, 0.3) is 0 Å². The summed E-state index contributed by atoms with van der Waals surface area (Å²) in [5.74, 6) is -1.10. The van der Waals surface area contributed by atoms with Gasteiger partial charge in [0.2, 0.25) is 5.91 Å². The number of aromatic nitrogens is 5. The zero-order chi connectivity index (χ0) is 29.8. The Balaban J connectivity index is 1.78. The summed E-state index contributed by atoms with van der Waals surface area (Å²) in [5.41, 5.74) is 2.82. The van der Waals surface area contributed by atoms with E-state index in [2.05, 4.69) is 23.1 Å². The third-order valence-corrected chi connectivity index (χ3v) is 7.75. The Morgan fingerprint density at radius 1 is 1.26 bits per heavy atom. The monoisotopic (exact) mass is 590 g/mol. The highest BCUT2D eigenvalue weighted by molar-refractivity contribution is 7.17. The van der Waals surface area contributed by atoms with E-state index in [9.17, 15) is 9.18 Å². The smallest absolute Gasteiger partial charge is 0.246 e. The molecule has 12 heteroatoms. The van der Waals surface area contributed by atoms with Gasteiger partial charge in [0.1, 0.15) is 35.3 Å². The Bertz CT molecular complexity index is 1710. The lowest BCUT2D eigenvalue weighted by atomic mass is 9.96. The molecular weight excluding hydrogens is 562 g/mol. The van der Waals surface area contributed by atoms with Crippen LogP contribution in [0.2, 0.25) is 0 Å². The van der Waals surface area contributed by atoms with Gasteiger partial charge in [-0.1, -0.05) is 13.2 Å². The summed E-state index contributed by atoms with van der Waals surface area (Å²) in [4.78, 5) is 27.8. The van der Waals surface area contributed by atoms with E-state index in [0.717, 1.165) is 5.69 Å². The molecule has 0 bridgehead atoms. The molecule has 0 aliphatic carbocycles. The number of amides is 1. The quantitative estimate of drug-likeness (QED) is 0.0986. The molecule has 0 spiro atoms. The summed E-state index contributed by atoms with van der Waals surface area (Å²) < 4.78 is 42.4. The van der Waals surface area contributed by atoms with Crippen molar-refractivity contribution in [2.45, 2.75) is 26.1 Å². The summed E-state index contributed by atoms with van der Waals surface area (Å²) in [6.45, 7) is 10.6. The van der Waals surface area contributed by atoms with Crippen LogP contribution in [0.25, 0.3) is 38.4 Å². The largest absolute Gasteiger partial charge is 0.491 e. The van der Waals surface area contributed by atoms with Gasteiger partial charge in [0.05, 0.1) is 49.2 Å². The van der Waals surface area contributed by atoms with E-state index in [1.807, 2.05) is 29.1 Å². The predicted octanol–water partition coefficient (Wildman–Crippen LogP) is 5.87. The zero-order valence-corrected chi connectivity index (χ0v) is 23.9. The van der Waals surface area contributed by atoms with Crippen LogP contribution in [-0.2, 0) is 27.4 Å². The van der Waals surface area contributed by atoms with Crippen molar-refractivity contribution in [3.63, 3.8) is 0 Å². The Kier molecular flexibility index (Phi) is 8.64. The first-order chi connectivity index (χ1) is 20.4. The number of hydrogen-bond donors (Lipinski definition) is 0. The molecule has 5 heterocycles. The Morgan fingerprint density at radius 3 is 2.81 bits per heavy atom. The van der Waals surface area contributed by atoms with Crippen molar-refractivity contribution < 1.29 is 23.0 Å². The van der Waals surface area contributed by atoms with Gasteiger partial charge in [0, 0.05) is 47.3 Å². The van der Waals surface area contributed by atoms with E-state index in [1.165, 1.54) is 24.5 Å². The zero-order valence-electron chi connectivity index (χ0n) is 23.1. The number of hydrogen-bond acceptors (Lipinski definition) is 8. The molecular formula is C30H28F2N6O3S. The molecule has 0 saturated heterocycles. The van der Waals surface area contributed by atoms with Gasteiger partial charge in [-0.05, 0) is 30.5 Å². The number of thiophene rings is 1. The number of ether oxygens (including phenoxy) is 2. The third kappa shape index (κ3) is 5.50. The van der Waals surface area contributed by atoms with E-state index in [-0.39, 0.29) is 42.8 Å². The Labute approximate surface area is 245 Å². The minimum absolute atomic E-state index is 0.0204. The van der Waals surface area contributed by atoms with Crippen LogP contribution in [0.4, 0.5) is 8.78 Å². The second-order valence-electron chi connectivity index (χ2n) is 9.44. The van der Waals surface area contributed by atoms with Gasteiger partial charge in [0.15, 0.2) is 0 Å². The summed E-state index contributed by atoms with van der Waals surface area (Å²) in [6.07, 6.45) is 6.83. The minimum Gasteiger partial charge on any atom is -0.491 e. The van der Waals surface area contributed by atoms with Crippen LogP contribution in [0, 0.1) is 0 Å². The maximum atomic E-state index is 15.8. The number of rotatable bonds is 10. The summed E-state index contributed by atoms with van der Waals surface area (Å²) in [5, 5.41) is 7.38. The van der Waals surface area contributed by atoms with Crippen LogP contribution < -0.4 is 0 Å². The van der Waals surface area contributed by atoms with Gasteiger partial charge in [-0.3, -0.25) is 19.4 Å². The van der Waals surface area contributed by atoms with Crippen molar-refractivity contribution in [2.75, 3.05) is 20.3 Å². The molecule has 0 fully saturated rings. The predicted molar refractivity (Wildman–Crippen MR) is 157 cm³/mol. The molecule has 0 unspecified atom stereocenters. The molecule has 0 saturated carbocycles. The average molecular weight is 591 g/mol. The van der Waals surface area contributed by atoms with Gasteiger partial charge >= 0.3 is 0 Å². The summed E-state index contributed by atoms with van der Waals surface area (Å²) in [6, 6.07) is 3.54. The molecule has 4 aromatic rings. The van der Waals surface area contributed by atoms with E-state index in [4.69, 9.17) is 19.6 Å².